The molecule has 0 saturated heterocycles. The number of nitrogens with one attached hydrogen (secondary N) is 1. The zero-order valence-corrected chi connectivity index (χ0v) is 14.4. The summed E-state index contributed by atoms with van der Waals surface area (Å²) < 4.78 is 16.1. The van der Waals surface area contributed by atoms with Crippen LogP contribution in [-0.2, 0) is 12.0 Å². The smallest absolute Gasteiger partial charge is 0.123 e. The zero-order valence-electron chi connectivity index (χ0n) is 12.8. The van der Waals surface area contributed by atoms with Gasteiger partial charge in [0.05, 0.1) is 22.4 Å². The van der Waals surface area contributed by atoms with Gasteiger partial charge in [0.2, 0.25) is 0 Å². The Labute approximate surface area is 133 Å². The highest BCUT2D eigenvalue weighted by atomic mass is 79.9. The van der Waals surface area contributed by atoms with E-state index in [1.54, 1.807) is 0 Å². The Morgan fingerprint density at radius 2 is 1.95 bits per heavy atom. The number of hydrogen-bond donors (Lipinski definition) is 1. The van der Waals surface area contributed by atoms with Crippen molar-refractivity contribution in [3.63, 3.8) is 0 Å². The number of hydrogen-bond acceptors (Lipinski definition) is 2. The third kappa shape index (κ3) is 3.04. The van der Waals surface area contributed by atoms with Crippen LogP contribution in [0.3, 0.4) is 0 Å². The molecule has 114 valence electrons. The number of benzene rings is 1. The van der Waals surface area contributed by atoms with Crippen LogP contribution in [0, 0.1) is 5.82 Å². The van der Waals surface area contributed by atoms with Gasteiger partial charge >= 0.3 is 0 Å². The molecule has 1 heterocycles. The summed E-state index contributed by atoms with van der Waals surface area (Å²) in [4.78, 5) is 0. The van der Waals surface area contributed by atoms with Crippen LogP contribution in [0.25, 0.3) is 0 Å². The van der Waals surface area contributed by atoms with Gasteiger partial charge in [0.15, 0.2) is 0 Å². The van der Waals surface area contributed by atoms with Crippen molar-refractivity contribution in [2.24, 2.45) is 0 Å². The zero-order chi connectivity index (χ0) is 15.6. The van der Waals surface area contributed by atoms with Crippen molar-refractivity contribution >= 4 is 15.9 Å². The van der Waals surface area contributed by atoms with Gasteiger partial charge in [-0.3, -0.25) is 4.68 Å². The first-order chi connectivity index (χ1) is 9.91. The SMILES string of the molecule is CCn1ncc(Br)c1C(NC)C(C)(C)c1ccc(F)cc1. The second-order valence-electron chi connectivity index (χ2n) is 5.64. The predicted octanol–water partition coefficient (Wildman–Crippen LogP) is 4.04. The summed E-state index contributed by atoms with van der Waals surface area (Å²) in [6.45, 7) is 7.18. The normalized spacial score (nSPS) is 13.4. The first-order valence-electron chi connectivity index (χ1n) is 7.06. The van der Waals surface area contributed by atoms with Crippen molar-refractivity contribution < 1.29 is 4.39 Å². The van der Waals surface area contributed by atoms with E-state index in [0.29, 0.717) is 0 Å². The van der Waals surface area contributed by atoms with E-state index in [2.05, 4.69) is 47.1 Å². The fraction of sp³-hybridized carbons (Fsp3) is 0.438. The predicted molar refractivity (Wildman–Crippen MR) is 86.8 cm³/mol. The molecule has 0 bridgehead atoms. The summed E-state index contributed by atoms with van der Waals surface area (Å²) in [5, 5.41) is 7.78. The van der Waals surface area contributed by atoms with Crippen LogP contribution in [0.2, 0.25) is 0 Å². The average molecular weight is 354 g/mol. The van der Waals surface area contributed by atoms with E-state index >= 15 is 0 Å². The molecule has 1 N–H and O–H groups in total. The van der Waals surface area contributed by atoms with Crippen molar-refractivity contribution in [3.8, 4) is 0 Å². The molecule has 0 radical (unpaired) electrons. The van der Waals surface area contributed by atoms with E-state index in [-0.39, 0.29) is 17.3 Å². The van der Waals surface area contributed by atoms with Crippen LogP contribution in [0.5, 0.6) is 0 Å². The lowest BCUT2D eigenvalue weighted by molar-refractivity contribution is 0.345. The molecule has 2 aromatic rings. The van der Waals surface area contributed by atoms with Crippen molar-refractivity contribution in [2.45, 2.75) is 38.8 Å². The van der Waals surface area contributed by atoms with Gasteiger partial charge in [-0.25, -0.2) is 4.39 Å². The molecule has 0 spiro atoms. The van der Waals surface area contributed by atoms with E-state index in [1.807, 2.05) is 30.1 Å². The van der Waals surface area contributed by atoms with Crippen LogP contribution < -0.4 is 5.32 Å². The highest BCUT2D eigenvalue weighted by Gasteiger charge is 2.35. The van der Waals surface area contributed by atoms with Crippen LogP contribution in [0.1, 0.15) is 38.1 Å². The first-order valence-corrected chi connectivity index (χ1v) is 7.85. The van der Waals surface area contributed by atoms with Gasteiger partial charge in [-0.15, -0.1) is 0 Å². The lowest BCUT2D eigenvalue weighted by Gasteiger charge is -2.35. The number of rotatable bonds is 5. The van der Waals surface area contributed by atoms with Crippen molar-refractivity contribution in [3.05, 3.63) is 52.0 Å². The Morgan fingerprint density at radius 3 is 2.48 bits per heavy atom. The topological polar surface area (TPSA) is 29.9 Å². The number of aryl methyl sites for hydroxylation is 1. The number of likely N-dealkylation sites (N-methyl/N-ethyl adjacent to an activating group) is 1. The van der Waals surface area contributed by atoms with Gasteiger partial charge in [0.1, 0.15) is 5.82 Å². The van der Waals surface area contributed by atoms with Gasteiger partial charge in [-0.2, -0.15) is 5.10 Å². The number of halogens is 2. The summed E-state index contributed by atoms with van der Waals surface area (Å²) >= 11 is 3.59. The molecule has 0 aliphatic heterocycles. The van der Waals surface area contributed by atoms with Crippen LogP contribution in [0.4, 0.5) is 4.39 Å². The standard InChI is InChI=1S/C16H21BrFN3/c1-5-21-14(13(17)10-20-21)15(19-4)16(2,3)11-6-8-12(18)9-7-11/h6-10,15,19H,5H2,1-4H3. The maximum atomic E-state index is 13.2. The summed E-state index contributed by atoms with van der Waals surface area (Å²) in [7, 11) is 1.94. The third-order valence-corrected chi connectivity index (χ3v) is 4.62. The van der Waals surface area contributed by atoms with E-state index in [1.165, 1.54) is 12.1 Å². The Morgan fingerprint density at radius 1 is 1.33 bits per heavy atom. The highest BCUT2D eigenvalue weighted by Crippen LogP contribution is 2.39. The summed E-state index contributed by atoms with van der Waals surface area (Å²) in [5.74, 6) is -0.213. The lowest BCUT2D eigenvalue weighted by atomic mass is 9.76. The molecule has 1 unspecified atom stereocenters. The molecule has 0 aliphatic rings. The lowest BCUT2D eigenvalue weighted by Crippen LogP contribution is -2.37. The van der Waals surface area contributed by atoms with Gasteiger partial charge in [-0.05, 0) is 47.6 Å². The fourth-order valence-corrected chi connectivity index (χ4v) is 3.32. The molecule has 5 heteroatoms. The first kappa shape index (κ1) is 16.2. The fourth-order valence-electron chi connectivity index (χ4n) is 2.80. The summed E-state index contributed by atoms with van der Waals surface area (Å²) in [6, 6.07) is 6.77. The molecule has 1 atom stereocenters. The van der Waals surface area contributed by atoms with Gasteiger partial charge in [-0.1, -0.05) is 26.0 Å². The van der Waals surface area contributed by atoms with E-state index in [4.69, 9.17) is 0 Å². The summed E-state index contributed by atoms with van der Waals surface area (Å²) in [5.41, 5.74) is 1.98. The maximum Gasteiger partial charge on any atom is 0.123 e. The van der Waals surface area contributed by atoms with Crippen LogP contribution in [0.15, 0.2) is 34.9 Å². The molecule has 2 rings (SSSR count). The largest absolute Gasteiger partial charge is 0.311 e. The van der Waals surface area contributed by atoms with Crippen LogP contribution in [-0.4, -0.2) is 16.8 Å². The van der Waals surface area contributed by atoms with Gasteiger partial charge in [0.25, 0.3) is 0 Å². The molecule has 3 nitrogen and oxygen atoms in total. The molecule has 0 fully saturated rings. The average Bonchev–Trinajstić information content (AvgIpc) is 2.81. The van der Waals surface area contributed by atoms with E-state index in [0.717, 1.165) is 22.3 Å². The maximum absolute atomic E-state index is 13.2. The Hall–Kier alpha value is -1.20. The minimum atomic E-state index is -0.213. The Kier molecular flexibility index (Phi) is 4.84. The second-order valence-corrected chi connectivity index (χ2v) is 6.50. The molecule has 21 heavy (non-hydrogen) atoms. The minimum Gasteiger partial charge on any atom is -0.311 e. The Bertz CT molecular complexity index is 604. The molecule has 0 amide bonds. The van der Waals surface area contributed by atoms with Gasteiger partial charge in [0, 0.05) is 12.0 Å². The van der Waals surface area contributed by atoms with Crippen LogP contribution >= 0.6 is 15.9 Å². The third-order valence-electron chi connectivity index (χ3n) is 4.00. The second kappa shape index (κ2) is 6.28. The molecule has 0 saturated carbocycles. The van der Waals surface area contributed by atoms with E-state index < -0.39 is 0 Å². The number of aromatic nitrogens is 2. The Balaban J connectivity index is 2.48. The molecular formula is C16H21BrFN3. The van der Waals surface area contributed by atoms with E-state index in [9.17, 15) is 4.39 Å². The minimum absolute atomic E-state index is 0.0554. The molecule has 1 aromatic heterocycles. The molecular weight excluding hydrogens is 333 g/mol. The van der Waals surface area contributed by atoms with Crippen molar-refractivity contribution in [1.29, 1.82) is 0 Å². The quantitative estimate of drug-likeness (QED) is 0.878. The monoisotopic (exact) mass is 353 g/mol. The summed E-state index contributed by atoms with van der Waals surface area (Å²) in [6.07, 6.45) is 1.82. The number of nitrogens with zero attached hydrogens (tertiary/aromatic N) is 2. The van der Waals surface area contributed by atoms with Gasteiger partial charge < -0.3 is 5.32 Å². The van der Waals surface area contributed by atoms with Crippen molar-refractivity contribution in [1.82, 2.24) is 15.1 Å². The molecule has 1 aromatic carbocycles. The molecule has 0 aliphatic carbocycles. The van der Waals surface area contributed by atoms with Crippen molar-refractivity contribution in [2.75, 3.05) is 7.05 Å². The highest BCUT2D eigenvalue weighted by molar-refractivity contribution is 9.10.